The minimum absolute atomic E-state index is 0.277. The fraction of sp³-hybridized carbons (Fsp3) is 0.0588. The summed E-state index contributed by atoms with van der Waals surface area (Å²) < 4.78 is 52.4. The molecule has 0 atom stereocenters. The van der Waals surface area contributed by atoms with Gasteiger partial charge in [-0.1, -0.05) is 175 Å². The molecule has 3 aliphatic rings. The molecule has 8 aromatic rings. The molecule has 1 aliphatic carbocycles. The standard InChI is InChI=1S/C51H36SSi/c1-32-23-27-48-45(29-32)52-51-49(53(48)46-21-11-3-13-34(46)30-35-14-4-12-22-47(35)53)28-24-33(2)50(51)36-25-26-43-41-19-8-7-17-39(41)37-15-5-6-16-38(37)40-18-9-10-20-42(40)44(43)31-36/h3-29,31H,30H2,1-2H3/i1D3,2D3. The van der Waals surface area contributed by atoms with Crippen molar-refractivity contribution in [3.63, 3.8) is 0 Å². The van der Waals surface area contributed by atoms with Crippen molar-refractivity contribution >= 4 is 40.6 Å². The quantitative estimate of drug-likeness (QED) is 0.153. The summed E-state index contributed by atoms with van der Waals surface area (Å²) in [4.78, 5) is 1.76. The number of hydrogen-bond donors (Lipinski definition) is 0. The normalized spacial score (nSPS) is 16.0. The van der Waals surface area contributed by atoms with E-state index in [0.29, 0.717) is 5.56 Å². The Hall–Kier alpha value is -5.67. The van der Waals surface area contributed by atoms with E-state index in [1.165, 1.54) is 38.8 Å². The van der Waals surface area contributed by atoms with Crippen molar-refractivity contribution < 1.29 is 8.22 Å². The average molecular weight is 715 g/mol. The van der Waals surface area contributed by atoms with Crippen LogP contribution in [0.1, 0.15) is 30.5 Å². The molecular weight excluding hydrogens is 673 g/mol. The van der Waals surface area contributed by atoms with E-state index >= 15 is 0 Å². The monoisotopic (exact) mass is 714 g/mol. The highest BCUT2D eigenvalue weighted by Crippen LogP contribution is 2.50. The zero-order valence-electron chi connectivity index (χ0n) is 34.8. The highest BCUT2D eigenvalue weighted by atomic mass is 32.2. The Bertz CT molecular complexity index is 3000. The minimum atomic E-state index is -3.16. The van der Waals surface area contributed by atoms with Gasteiger partial charge in [-0.05, 0) is 125 Å². The Balaban J connectivity index is 1.26. The van der Waals surface area contributed by atoms with Crippen LogP contribution in [0.5, 0.6) is 0 Å². The van der Waals surface area contributed by atoms with Crippen LogP contribution in [-0.2, 0) is 6.42 Å². The van der Waals surface area contributed by atoms with E-state index in [-0.39, 0.29) is 11.1 Å². The maximum Gasteiger partial charge on any atom is 0.182 e. The lowest BCUT2D eigenvalue weighted by molar-refractivity contribution is 1.20. The van der Waals surface area contributed by atoms with Crippen LogP contribution < -0.4 is 20.7 Å². The summed E-state index contributed by atoms with van der Waals surface area (Å²) in [6, 6.07) is 59.1. The third kappa shape index (κ3) is 4.37. The maximum absolute atomic E-state index is 9.02. The highest BCUT2D eigenvalue weighted by molar-refractivity contribution is 8.00. The van der Waals surface area contributed by atoms with Crippen LogP contribution in [0.25, 0.3) is 55.6 Å². The zero-order chi connectivity index (χ0) is 40.3. The lowest BCUT2D eigenvalue weighted by atomic mass is 9.80. The van der Waals surface area contributed by atoms with Gasteiger partial charge in [0.25, 0.3) is 0 Å². The molecule has 0 fully saturated rings. The first-order valence-corrected chi connectivity index (χ1v) is 21.0. The van der Waals surface area contributed by atoms with Gasteiger partial charge in [-0.25, -0.2) is 0 Å². The van der Waals surface area contributed by atoms with Gasteiger partial charge in [0.1, 0.15) is 0 Å². The van der Waals surface area contributed by atoms with Crippen LogP contribution in [0.3, 0.4) is 0 Å². The topological polar surface area (TPSA) is 0 Å². The Morgan fingerprint density at radius 2 is 0.981 bits per heavy atom. The second-order valence-electron chi connectivity index (χ2n) is 14.3. The molecule has 0 saturated carbocycles. The summed E-state index contributed by atoms with van der Waals surface area (Å²) in [7, 11) is -3.16. The molecule has 0 aromatic heterocycles. The van der Waals surface area contributed by atoms with Gasteiger partial charge < -0.3 is 0 Å². The van der Waals surface area contributed by atoms with E-state index in [9.17, 15) is 0 Å². The number of hydrogen-bond acceptors (Lipinski definition) is 1. The predicted octanol–water partition coefficient (Wildman–Crippen LogP) is 10.7. The summed E-state index contributed by atoms with van der Waals surface area (Å²) in [5.74, 6) is 0. The van der Waals surface area contributed by atoms with E-state index in [2.05, 4.69) is 152 Å². The number of fused-ring (bicyclic) bond motifs is 16. The first kappa shape index (κ1) is 25.3. The van der Waals surface area contributed by atoms with Crippen LogP contribution in [-0.4, -0.2) is 8.07 Å². The lowest BCUT2D eigenvalue weighted by Gasteiger charge is -2.45. The molecule has 2 heteroatoms. The second kappa shape index (κ2) is 11.7. The largest absolute Gasteiger partial charge is 0.182 e. The van der Waals surface area contributed by atoms with Gasteiger partial charge in [0.05, 0.1) is 0 Å². The van der Waals surface area contributed by atoms with Crippen molar-refractivity contribution in [2.24, 2.45) is 0 Å². The van der Waals surface area contributed by atoms with E-state index in [0.717, 1.165) is 71.1 Å². The van der Waals surface area contributed by atoms with Crippen LogP contribution in [0.15, 0.2) is 180 Å². The SMILES string of the molecule is [2H]C([2H])([2H])c1ccc2c(c1)Sc1c(ccc(C([2H])([2H])[2H])c1-c1ccc3c(c1)-c1ccccc1-c1ccccc1-c1ccccc1-3)[Si]21c2ccccc2Cc2ccccc21. The van der Waals surface area contributed by atoms with E-state index in [1.54, 1.807) is 6.07 Å². The van der Waals surface area contributed by atoms with E-state index < -0.39 is 21.8 Å². The molecule has 0 saturated heterocycles. The zero-order valence-corrected chi connectivity index (χ0v) is 30.6. The highest BCUT2D eigenvalue weighted by Gasteiger charge is 2.51. The van der Waals surface area contributed by atoms with Gasteiger partial charge in [0, 0.05) is 18.0 Å². The molecule has 1 spiro atoms. The molecule has 2 aliphatic heterocycles. The Morgan fingerprint density at radius 1 is 0.453 bits per heavy atom. The minimum Gasteiger partial charge on any atom is -0.0896 e. The molecule has 8 aromatic carbocycles. The van der Waals surface area contributed by atoms with Gasteiger partial charge in [0.15, 0.2) is 8.07 Å². The predicted molar refractivity (Wildman–Crippen MR) is 227 cm³/mol. The average Bonchev–Trinajstić information content (AvgIpc) is 3.24. The van der Waals surface area contributed by atoms with Crippen molar-refractivity contribution in [3.05, 3.63) is 192 Å². The molecule has 250 valence electrons. The Labute approximate surface area is 325 Å². The van der Waals surface area contributed by atoms with Crippen LogP contribution >= 0.6 is 11.8 Å². The molecule has 0 radical (unpaired) electrons. The molecule has 53 heavy (non-hydrogen) atoms. The van der Waals surface area contributed by atoms with Crippen molar-refractivity contribution in [2.45, 2.75) is 29.9 Å². The van der Waals surface area contributed by atoms with E-state index in [4.69, 9.17) is 8.22 Å². The smallest absolute Gasteiger partial charge is 0.0896 e. The number of rotatable bonds is 1. The van der Waals surface area contributed by atoms with Gasteiger partial charge in [-0.2, -0.15) is 0 Å². The maximum atomic E-state index is 9.02. The first-order valence-electron chi connectivity index (χ1n) is 21.1. The van der Waals surface area contributed by atoms with Crippen molar-refractivity contribution in [3.8, 4) is 55.6 Å². The summed E-state index contributed by atoms with van der Waals surface area (Å²) >= 11 is 1.53. The molecule has 11 rings (SSSR count). The fourth-order valence-electron chi connectivity index (χ4n) is 9.47. The van der Waals surface area contributed by atoms with Crippen molar-refractivity contribution in [1.82, 2.24) is 0 Å². The number of benzene rings is 8. The van der Waals surface area contributed by atoms with Gasteiger partial charge >= 0.3 is 0 Å². The van der Waals surface area contributed by atoms with Gasteiger partial charge in [-0.15, -0.1) is 0 Å². The van der Waals surface area contributed by atoms with Crippen LogP contribution in [0, 0.1) is 13.7 Å². The molecule has 2 heterocycles. The fourth-order valence-corrected chi connectivity index (χ4v) is 17.1. The van der Waals surface area contributed by atoms with Gasteiger partial charge in [-0.3, -0.25) is 0 Å². The van der Waals surface area contributed by atoms with E-state index in [1.807, 2.05) is 12.1 Å². The molecular formula is C51H36SSi. The molecule has 0 nitrogen and oxygen atoms in total. The molecule has 0 N–H and O–H groups in total. The summed E-state index contributed by atoms with van der Waals surface area (Å²) in [5, 5.41) is 4.79. The van der Waals surface area contributed by atoms with Crippen LogP contribution in [0.4, 0.5) is 0 Å². The Kier molecular flexibility index (Phi) is 5.57. The third-order valence-corrected chi connectivity index (χ3v) is 18.2. The number of aryl methyl sites for hydroxylation is 2. The molecule has 0 bridgehead atoms. The van der Waals surface area contributed by atoms with Crippen molar-refractivity contribution in [2.75, 3.05) is 0 Å². The lowest BCUT2D eigenvalue weighted by Crippen LogP contribution is -2.79. The molecule has 0 unspecified atom stereocenters. The van der Waals surface area contributed by atoms with Crippen LogP contribution in [0.2, 0.25) is 0 Å². The van der Waals surface area contributed by atoms with Gasteiger partial charge in [0.2, 0.25) is 0 Å². The third-order valence-electron chi connectivity index (χ3n) is 11.6. The summed E-state index contributed by atoms with van der Waals surface area (Å²) in [5.41, 5.74) is 13.4. The summed E-state index contributed by atoms with van der Waals surface area (Å²) in [6.45, 7) is -4.75. The second-order valence-corrected chi connectivity index (χ2v) is 19.0. The molecule has 0 amide bonds. The Morgan fingerprint density at radius 3 is 1.57 bits per heavy atom. The summed E-state index contributed by atoms with van der Waals surface area (Å²) in [6.07, 6.45) is 0.793. The first-order chi connectivity index (χ1) is 28.5. The van der Waals surface area contributed by atoms with Crippen molar-refractivity contribution in [1.29, 1.82) is 0 Å².